The van der Waals surface area contributed by atoms with Crippen molar-refractivity contribution in [2.45, 2.75) is 51.6 Å². The van der Waals surface area contributed by atoms with Crippen molar-refractivity contribution < 1.29 is 27.5 Å². The first-order valence-electron chi connectivity index (χ1n) is 10.4. The molecule has 1 N–H and O–H groups in total. The van der Waals surface area contributed by atoms with Gasteiger partial charge in [0, 0.05) is 17.8 Å². The number of rotatable bonds is 10. The summed E-state index contributed by atoms with van der Waals surface area (Å²) in [6.45, 7) is 9.55. The van der Waals surface area contributed by atoms with E-state index in [4.69, 9.17) is 9.47 Å². The second-order valence-electron chi connectivity index (χ2n) is 7.65. The number of nitrogens with zero attached hydrogens (tertiary/aromatic N) is 1. The van der Waals surface area contributed by atoms with E-state index in [0.29, 0.717) is 12.4 Å². The quantitative estimate of drug-likeness (QED) is 0.541. The van der Waals surface area contributed by atoms with Gasteiger partial charge < -0.3 is 14.4 Å². The molecular weight excluding hydrogens is 432 g/mol. The number of benzene rings is 2. The second-order valence-corrected chi connectivity index (χ2v) is 9.33. The highest BCUT2D eigenvalue weighted by Crippen LogP contribution is 2.20. The second kappa shape index (κ2) is 11.0. The van der Waals surface area contributed by atoms with Crippen molar-refractivity contribution in [3.63, 3.8) is 0 Å². The predicted octanol–water partition coefficient (Wildman–Crippen LogP) is 3.69. The molecule has 8 nitrogen and oxygen atoms in total. The van der Waals surface area contributed by atoms with E-state index in [-0.39, 0.29) is 40.7 Å². The van der Waals surface area contributed by atoms with E-state index < -0.39 is 16.0 Å². The van der Waals surface area contributed by atoms with Crippen molar-refractivity contribution in [2.75, 3.05) is 17.9 Å². The summed E-state index contributed by atoms with van der Waals surface area (Å²) in [6, 6.07) is 11.8. The van der Waals surface area contributed by atoms with Crippen LogP contribution in [0.15, 0.2) is 53.4 Å². The van der Waals surface area contributed by atoms with Gasteiger partial charge in [-0.1, -0.05) is 0 Å². The van der Waals surface area contributed by atoms with E-state index in [1.165, 1.54) is 36.4 Å². The first kappa shape index (κ1) is 25.2. The van der Waals surface area contributed by atoms with Crippen molar-refractivity contribution >= 4 is 27.6 Å². The summed E-state index contributed by atoms with van der Waals surface area (Å²) >= 11 is 0. The number of hydrogen-bond acceptors (Lipinski definition) is 6. The van der Waals surface area contributed by atoms with Crippen LogP contribution in [0.25, 0.3) is 0 Å². The van der Waals surface area contributed by atoms with Crippen LogP contribution in [0.4, 0.5) is 5.69 Å². The Morgan fingerprint density at radius 1 is 0.938 bits per heavy atom. The molecule has 0 fully saturated rings. The topological polar surface area (TPSA) is 102 Å². The number of anilines is 1. The lowest BCUT2D eigenvalue weighted by molar-refractivity contribution is -0.138. The molecular formula is C23H30N2O6S. The molecule has 0 saturated carbocycles. The minimum atomic E-state index is -3.80. The molecule has 0 aliphatic heterocycles. The van der Waals surface area contributed by atoms with E-state index >= 15 is 0 Å². The number of hydrogen-bond donors (Lipinski definition) is 1. The molecule has 0 radical (unpaired) electrons. The van der Waals surface area contributed by atoms with Gasteiger partial charge in [0.05, 0.1) is 17.1 Å². The predicted molar refractivity (Wildman–Crippen MR) is 122 cm³/mol. The van der Waals surface area contributed by atoms with Crippen LogP contribution in [-0.4, -0.2) is 50.5 Å². The fourth-order valence-electron chi connectivity index (χ4n) is 3.23. The molecule has 0 saturated heterocycles. The number of nitrogens with one attached hydrogen (secondary N) is 1. The summed E-state index contributed by atoms with van der Waals surface area (Å²) in [4.78, 5) is 26.3. The number of amides is 1. The lowest BCUT2D eigenvalue weighted by Gasteiger charge is -2.30. The zero-order valence-corrected chi connectivity index (χ0v) is 19.8. The van der Waals surface area contributed by atoms with Crippen molar-refractivity contribution in [1.29, 1.82) is 0 Å². The van der Waals surface area contributed by atoms with Gasteiger partial charge in [0.15, 0.2) is 6.61 Å². The zero-order chi connectivity index (χ0) is 23.9. The molecule has 2 rings (SSSR count). The van der Waals surface area contributed by atoms with Crippen LogP contribution in [0.2, 0.25) is 0 Å². The fourth-order valence-corrected chi connectivity index (χ4v) is 4.29. The van der Waals surface area contributed by atoms with Gasteiger partial charge >= 0.3 is 5.97 Å². The van der Waals surface area contributed by atoms with Gasteiger partial charge in [-0.2, -0.15) is 0 Å². The van der Waals surface area contributed by atoms with Gasteiger partial charge in [-0.25, -0.2) is 13.2 Å². The average Bonchev–Trinajstić information content (AvgIpc) is 2.72. The van der Waals surface area contributed by atoms with Gasteiger partial charge in [-0.05, 0) is 83.1 Å². The maximum atomic E-state index is 12.6. The zero-order valence-electron chi connectivity index (χ0n) is 19.0. The molecule has 0 spiro atoms. The fraction of sp³-hybridized carbons (Fsp3) is 0.391. The number of carbonyl (C=O) groups excluding carboxylic acids is 2. The number of esters is 1. The maximum absolute atomic E-state index is 12.6. The summed E-state index contributed by atoms with van der Waals surface area (Å²) in [5, 5.41) is 0. The molecule has 2 aromatic rings. The molecule has 0 aromatic heterocycles. The van der Waals surface area contributed by atoms with Crippen LogP contribution in [0, 0.1) is 0 Å². The van der Waals surface area contributed by atoms with Crippen LogP contribution in [0.1, 0.15) is 45.0 Å². The highest BCUT2D eigenvalue weighted by molar-refractivity contribution is 7.92. The highest BCUT2D eigenvalue weighted by atomic mass is 32.2. The van der Waals surface area contributed by atoms with Crippen LogP contribution < -0.4 is 9.46 Å². The molecule has 0 aliphatic carbocycles. The molecule has 1 amide bonds. The first-order valence-corrected chi connectivity index (χ1v) is 11.9. The third-order valence-corrected chi connectivity index (χ3v) is 5.94. The number of ether oxygens (including phenoxy) is 2. The third-order valence-electron chi connectivity index (χ3n) is 4.55. The largest absolute Gasteiger partial charge is 0.494 e. The summed E-state index contributed by atoms with van der Waals surface area (Å²) in [6.07, 6.45) is 0. The number of sulfonamides is 1. The normalized spacial score (nSPS) is 11.3. The summed E-state index contributed by atoms with van der Waals surface area (Å²) in [5.74, 6) is -0.354. The van der Waals surface area contributed by atoms with Gasteiger partial charge in [-0.15, -0.1) is 0 Å². The highest BCUT2D eigenvalue weighted by Gasteiger charge is 2.22. The Balaban J connectivity index is 2.00. The van der Waals surface area contributed by atoms with Crippen molar-refractivity contribution in [1.82, 2.24) is 4.90 Å². The molecule has 32 heavy (non-hydrogen) atoms. The lowest BCUT2D eigenvalue weighted by atomic mass is 10.2. The Kier molecular flexibility index (Phi) is 8.65. The monoisotopic (exact) mass is 462 g/mol. The van der Waals surface area contributed by atoms with Gasteiger partial charge in [-0.3, -0.25) is 9.52 Å². The number of carbonyl (C=O) groups is 2. The Bertz CT molecular complexity index is 1010. The van der Waals surface area contributed by atoms with Crippen LogP contribution >= 0.6 is 0 Å². The Hall–Kier alpha value is -3.07. The minimum absolute atomic E-state index is 0.0103. The van der Waals surface area contributed by atoms with E-state index in [1.54, 1.807) is 17.0 Å². The van der Waals surface area contributed by atoms with Crippen LogP contribution in [0.5, 0.6) is 5.75 Å². The summed E-state index contributed by atoms with van der Waals surface area (Å²) < 4.78 is 38.0. The van der Waals surface area contributed by atoms with Crippen molar-refractivity contribution in [2.24, 2.45) is 0 Å². The standard InChI is InChI=1S/C23H30N2O6S/c1-6-30-20-11-13-21(14-12-20)32(28,29)24-19-9-7-18(8-10-19)23(27)31-15-22(26)25(16(2)3)17(4)5/h7-14,16-17,24H,6,15H2,1-5H3. The molecule has 0 aliphatic rings. The Morgan fingerprint density at radius 3 is 2.00 bits per heavy atom. The van der Waals surface area contributed by atoms with Crippen LogP contribution in [0.3, 0.4) is 0 Å². The molecule has 2 aromatic carbocycles. The maximum Gasteiger partial charge on any atom is 0.338 e. The van der Waals surface area contributed by atoms with E-state index in [2.05, 4.69) is 4.72 Å². The minimum Gasteiger partial charge on any atom is -0.494 e. The van der Waals surface area contributed by atoms with E-state index in [0.717, 1.165) is 0 Å². The van der Waals surface area contributed by atoms with E-state index in [1.807, 2.05) is 34.6 Å². The molecule has 0 bridgehead atoms. The molecule has 0 heterocycles. The summed E-state index contributed by atoms with van der Waals surface area (Å²) in [5.41, 5.74) is 0.500. The van der Waals surface area contributed by atoms with Crippen LogP contribution in [-0.2, 0) is 19.6 Å². The lowest BCUT2D eigenvalue weighted by Crippen LogP contribution is -2.44. The Labute approximate surface area is 189 Å². The molecule has 174 valence electrons. The molecule has 0 unspecified atom stereocenters. The van der Waals surface area contributed by atoms with Gasteiger partial charge in [0.2, 0.25) is 0 Å². The SMILES string of the molecule is CCOc1ccc(S(=O)(=O)Nc2ccc(C(=O)OCC(=O)N(C(C)C)C(C)C)cc2)cc1. The summed E-state index contributed by atoms with van der Waals surface area (Å²) in [7, 11) is -3.80. The van der Waals surface area contributed by atoms with Gasteiger partial charge in [0.25, 0.3) is 15.9 Å². The average molecular weight is 463 g/mol. The van der Waals surface area contributed by atoms with Crippen molar-refractivity contribution in [3.05, 3.63) is 54.1 Å². The van der Waals surface area contributed by atoms with Gasteiger partial charge in [0.1, 0.15) is 5.75 Å². The molecule has 0 atom stereocenters. The van der Waals surface area contributed by atoms with Crippen molar-refractivity contribution in [3.8, 4) is 5.75 Å². The third kappa shape index (κ3) is 6.71. The first-order chi connectivity index (χ1) is 15.0. The smallest absolute Gasteiger partial charge is 0.338 e. The Morgan fingerprint density at radius 2 is 1.50 bits per heavy atom. The van der Waals surface area contributed by atoms with E-state index in [9.17, 15) is 18.0 Å². The molecule has 9 heteroatoms.